The minimum Gasteiger partial charge on any atom is -0.466 e. The topological polar surface area (TPSA) is 52.6 Å². The van der Waals surface area contributed by atoms with E-state index < -0.39 is 11.9 Å². The number of ether oxygens (including phenoxy) is 2. The van der Waals surface area contributed by atoms with Gasteiger partial charge in [0.1, 0.15) is 0 Å². The first-order valence-electron chi connectivity index (χ1n) is 3.04. The molecule has 0 aliphatic carbocycles. The minimum absolute atomic E-state index is 0.578. The number of carbonyl (C=O) groups is 2. The third-order valence-electron chi connectivity index (χ3n) is 0.758. The zero-order valence-electron chi connectivity index (χ0n) is 7.20. The Morgan fingerprint density at radius 1 is 1.00 bits per heavy atom. The molecule has 0 aromatic rings. The van der Waals surface area contributed by atoms with Crippen LogP contribution in [0.2, 0.25) is 0 Å². The number of hydrogen-bond acceptors (Lipinski definition) is 4. The molecule has 0 saturated heterocycles. The summed E-state index contributed by atoms with van der Waals surface area (Å²) in [7, 11) is 2.45. The van der Waals surface area contributed by atoms with Crippen LogP contribution in [0.4, 0.5) is 0 Å². The molecule has 68 valence electrons. The first kappa shape index (κ1) is 13.0. The van der Waals surface area contributed by atoms with Gasteiger partial charge in [0.15, 0.2) is 0 Å². The summed E-state index contributed by atoms with van der Waals surface area (Å²) in [6.07, 6.45) is 1.98. The molecule has 0 bridgehead atoms. The Hall–Kier alpha value is -1.58. The molecule has 0 radical (unpaired) electrons. The van der Waals surface area contributed by atoms with Gasteiger partial charge in [0.05, 0.1) is 14.2 Å². The van der Waals surface area contributed by atoms with E-state index in [1.807, 2.05) is 0 Å². The fourth-order valence-electron chi connectivity index (χ4n) is 0.272. The fraction of sp³-hybridized carbons (Fsp3) is 0.250. The molecule has 0 saturated carbocycles. The molecule has 0 aliphatic rings. The number of carbonyl (C=O) groups excluding carboxylic acids is 2. The monoisotopic (exact) mass is 172 g/mol. The van der Waals surface area contributed by atoms with Crippen LogP contribution in [0.5, 0.6) is 0 Å². The van der Waals surface area contributed by atoms with Crippen molar-refractivity contribution in [2.45, 2.75) is 0 Å². The number of methoxy groups -OCH3 is 2. The van der Waals surface area contributed by atoms with Gasteiger partial charge in [-0.1, -0.05) is 0 Å². The highest BCUT2D eigenvalue weighted by molar-refractivity contribution is 5.91. The predicted molar refractivity (Wildman–Crippen MR) is 44.4 cm³/mol. The molecular weight excluding hydrogens is 160 g/mol. The molecule has 0 amide bonds. The average molecular weight is 172 g/mol. The molecular formula is C8H12O4. The molecule has 0 aromatic carbocycles. The van der Waals surface area contributed by atoms with Crippen LogP contribution in [0.25, 0.3) is 0 Å². The lowest BCUT2D eigenvalue weighted by Crippen LogP contribution is -1.98. The van der Waals surface area contributed by atoms with Gasteiger partial charge in [-0.05, 0) is 0 Å². The second-order valence-electron chi connectivity index (χ2n) is 1.38. The lowest BCUT2D eigenvalue weighted by molar-refractivity contribution is -0.137. The normalized spacial score (nSPS) is 8.17. The number of hydrogen-bond donors (Lipinski definition) is 0. The van der Waals surface area contributed by atoms with Crippen molar-refractivity contribution < 1.29 is 19.1 Å². The molecule has 0 spiro atoms. The van der Waals surface area contributed by atoms with Gasteiger partial charge in [-0.15, -0.1) is 13.2 Å². The highest BCUT2D eigenvalue weighted by Crippen LogP contribution is 1.80. The second-order valence-corrected chi connectivity index (χ2v) is 1.38. The summed E-state index contributed by atoms with van der Waals surface area (Å²) in [5.41, 5.74) is 0. The van der Waals surface area contributed by atoms with Crippen molar-refractivity contribution in [1.29, 1.82) is 0 Å². The maximum atomic E-state index is 10.3. The Morgan fingerprint density at radius 2 is 1.25 bits per heavy atom. The lowest BCUT2D eigenvalue weighted by Gasteiger charge is -1.89. The Labute approximate surface area is 71.5 Å². The van der Waals surface area contributed by atoms with E-state index in [0.717, 1.165) is 12.2 Å². The summed E-state index contributed by atoms with van der Waals surface area (Å²) in [4.78, 5) is 20.6. The standard InChI is InChI=1S/C6H8O4.C2H4/c1-9-5(7)3-4-6(8)10-2;1-2/h3-4H,1-2H3;1-2H2. The lowest BCUT2D eigenvalue weighted by atomic mass is 10.5. The van der Waals surface area contributed by atoms with Crippen LogP contribution in [-0.2, 0) is 19.1 Å². The van der Waals surface area contributed by atoms with Crippen LogP contribution in [-0.4, -0.2) is 26.2 Å². The third-order valence-corrected chi connectivity index (χ3v) is 0.758. The third kappa shape index (κ3) is 8.42. The number of rotatable bonds is 2. The van der Waals surface area contributed by atoms with Gasteiger partial charge in [-0.25, -0.2) is 9.59 Å². The summed E-state index contributed by atoms with van der Waals surface area (Å²) in [5, 5.41) is 0. The zero-order chi connectivity index (χ0) is 9.98. The molecule has 4 nitrogen and oxygen atoms in total. The zero-order valence-corrected chi connectivity index (χ0v) is 7.20. The molecule has 4 heteroatoms. The van der Waals surface area contributed by atoms with Gasteiger partial charge in [0.25, 0.3) is 0 Å². The first-order valence-corrected chi connectivity index (χ1v) is 3.04. The van der Waals surface area contributed by atoms with E-state index in [1.54, 1.807) is 0 Å². The number of esters is 2. The molecule has 0 atom stereocenters. The second kappa shape index (κ2) is 9.42. The fourth-order valence-corrected chi connectivity index (χ4v) is 0.272. The van der Waals surface area contributed by atoms with Crippen LogP contribution in [0.15, 0.2) is 25.3 Å². The Morgan fingerprint density at radius 3 is 1.42 bits per heavy atom. The van der Waals surface area contributed by atoms with Crippen molar-refractivity contribution in [1.82, 2.24) is 0 Å². The molecule has 0 heterocycles. The highest BCUT2D eigenvalue weighted by atomic mass is 16.5. The molecule has 0 fully saturated rings. The Bertz CT molecular complexity index is 154. The van der Waals surface area contributed by atoms with Crippen molar-refractivity contribution in [3.8, 4) is 0 Å². The van der Waals surface area contributed by atoms with Crippen LogP contribution in [0, 0.1) is 0 Å². The average Bonchev–Trinajstić information content (AvgIpc) is 2.16. The van der Waals surface area contributed by atoms with E-state index in [0.29, 0.717) is 0 Å². The van der Waals surface area contributed by atoms with Gasteiger partial charge in [-0.3, -0.25) is 0 Å². The SMILES string of the molecule is C=C.COC(=O)C=CC(=O)OC. The van der Waals surface area contributed by atoms with Gasteiger partial charge in [-0.2, -0.15) is 0 Å². The smallest absolute Gasteiger partial charge is 0.330 e. The summed E-state index contributed by atoms with van der Waals surface area (Å²) >= 11 is 0. The molecule has 0 unspecified atom stereocenters. The van der Waals surface area contributed by atoms with Crippen molar-refractivity contribution in [3.05, 3.63) is 25.3 Å². The molecule has 0 rings (SSSR count). The van der Waals surface area contributed by atoms with E-state index >= 15 is 0 Å². The molecule has 0 aromatic heterocycles. The maximum Gasteiger partial charge on any atom is 0.330 e. The van der Waals surface area contributed by atoms with E-state index in [9.17, 15) is 9.59 Å². The minimum atomic E-state index is -0.578. The van der Waals surface area contributed by atoms with E-state index in [1.165, 1.54) is 14.2 Å². The quantitative estimate of drug-likeness (QED) is 0.349. The Balaban J connectivity index is 0. The van der Waals surface area contributed by atoms with E-state index in [4.69, 9.17) is 0 Å². The van der Waals surface area contributed by atoms with Crippen molar-refractivity contribution in [2.24, 2.45) is 0 Å². The first-order chi connectivity index (χ1) is 5.70. The molecule has 12 heavy (non-hydrogen) atoms. The summed E-state index contributed by atoms with van der Waals surface area (Å²) in [6.45, 7) is 6.00. The summed E-state index contributed by atoms with van der Waals surface area (Å²) in [5.74, 6) is -1.16. The van der Waals surface area contributed by atoms with E-state index in [-0.39, 0.29) is 0 Å². The largest absolute Gasteiger partial charge is 0.466 e. The van der Waals surface area contributed by atoms with Crippen molar-refractivity contribution >= 4 is 11.9 Å². The highest BCUT2D eigenvalue weighted by Gasteiger charge is 1.94. The summed E-state index contributed by atoms with van der Waals surface area (Å²) < 4.78 is 8.42. The van der Waals surface area contributed by atoms with Crippen molar-refractivity contribution in [3.63, 3.8) is 0 Å². The predicted octanol–water partition coefficient (Wildman–Crippen LogP) is 0.691. The van der Waals surface area contributed by atoms with Gasteiger partial charge < -0.3 is 9.47 Å². The maximum absolute atomic E-state index is 10.3. The van der Waals surface area contributed by atoms with Gasteiger partial charge >= 0.3 is 11.9 Å². The Kier molecular flexibility index (Phi) is 10.2. The van der Waals surface area contributed by atoms with Crippen LogP contribution >= 0.6 is 0 Å². The van der Waals surface area contributed by atoms with Crippen LogP contribution in [0.1, 0.15) is 0 Å². The summed E-state index contributed by atoms with van der Waals surface area (Å²) in [6, 6.07) is 0. The van der Waals surface area contributed by atoms with Gasteiger partial charge in [0, 0.05) is 12.2 Å². The van der Waals surface area contributed by atoms with Crippen molar-refractivity contribution in [2.75, 3.05) is 14.2 Å². The van der Waals surface area contributed by atoms with Crippen LogP contribution in [0.3, 0.4) is 0 Å². The van der Waals surface area contributed by atoms with Gasteiger partial charge in [0.2, 0.25) is 0 Å². The van der Waals surface area contributed by atoms with E-state index in [2.05, 4.69) is 22.6 Å². The van der Waals surface area contributed by atoms with Crippen LogP contribution < -0.4 is 0 Å². The molecule has 0 aliphatic heterocycles. The molecule has 0 N–H and O–H groups in total.